The van der Waals surface area contributed by atoms with Gasteiger partial charge >= 0.3 is 17.9 Å². The van der Waals surface area contributed by atoms with Crippen molar-refractivity contribution in [3.63, 3.8) is 0 Å². The minimum atomic E-state index is -0.839. The van der Waals surface area contributed by atoms with Crippen molar-refractivity contribution in [2.45, 2.75) is 258 Å². The molecule has 6 heteroatoms. The average molecular weight is 1090 g/mol. The number of esters is 3. The highest BCUT2D eigenvalue weighted by Crippen LogP contribution is 2.14. The van der Waals surface area contributed by atoms with Gasteiger partial charge in [-0.05, 0) is 135 Å². The van der Waals surface area contributed by atoms with Crippen LogP contribution in [-0.2, 0) is 28.6 Å². The van der Waals surface area contributed by atoms with Gasteiger partial charge in [-0.2, -0.15) is 0 Å². The van der Waals surface area contributed by atoms with Crippen molar-refractivity contribution in [1.82, 2.24) is 0 Å². The predicted octanol–water partition coefficient (Wildman–Crippen LogP) is 21.9. The van der Waals surface area contributed by atoms with E-state index in [0.717, 1.165) is 141 Å². The van der Waals surface area contributed by atoms with Gasteiger partial charge in [0.25, 0.3) is 0 Å². The van der Waals surface area contributed by atoms with Crippen molar-refractivity contribution in [3.05, 3.63) is 170 Å². The van der Waals surface area contributed by atoms with Crippen molar-refractivity contribution < 1.29 is 28.6 Å². The van der Waals surface area contributed by atoms with Crippen LogP contribution in [0.2, 0.25) is 0 Å². The van der Waals surface area contributed by atoms with Crippen LogP contribution >= 0.6 is 0 Å². The normalized spacial score (nSPS) is 13.3. The zero-order valence-corrected chi connectivity index (χ0v) is 50.6. The van der Waals surface area contributed by atoms with Crippen molar-refractivity contribution in [2.24, 2.45) is 0 Å². The van der Waals surface area contributed by atoms with E-state index >= 15 is 0 Å². The Morgan fingerprint density at radius 3 is 0.886 bits per heavy atom. The number of unbranched alkanes of at least 4 members (excludes halogenated alkanes) is 17. The van der Waals surface area contributed by atoms with Crippen LogP contribution in [0.15, 0.2) is 170 Å². The van der Waals surface area contributed by atoms with Crippen LogP contribution in [0.4, 0.5) is 0 Å². The number of carbonyl (C=O) groups excluding carboxylic acids is 3. The summed E-state index contributed by atoms with van der Waals surface area (Å²) in [4.78, 5) is 38.3. The molecule has 0 aromatic carbocycles. The number of carbonyl (C=O) groups is 3. The van der Waals surface area contributed by atoms with Gasteiger partial charge in [0.05, 0.1) is 6.42 Å². The molecular weight excluding hydrogens is 973 g/mol. The fourth-order valence-electron chi connectivity index (χ4n) is 8.05. The van der Waals surface area contributed by atoms with Gasteiger partial charge in [0.15, 0.2) is 6.10 Å². The summed E-state index contributed by atoms with van der Waals surface area (Å²) in [6.45, 7) is 6.27. The largest absolute Gasteiger partial charge is 0.462 e. The molecule has 0 saturated carbocycles. The number of rotatable bonds is 55. The second kappa shape index (κ2) is 65.3. The molecule has 1 atom stereocenters. The number of hydrogen-bond acceptors (Lipinski definition) is 6. The van der Waals surface area contributed by atoms with Gasteiger partial charge in [0, 0.05) is 12.8 Å². The minimum absolute atomic E-state index is 0.114. The first-order valence-corrected chi connectivity index (χ1v) is 31.6. The summed E-state index contributed by atoms with van der Waals surface area (Å²) in [5.41, 5.74) is 0. The minimum Gasteiger partial charge on any atom is -0.462 e. The topological polar surface area (TPSA) is 78.9 Å². The van der Waals surface area contributed by atoms with Gasteiger partial charge < -0.3 is 14.2 Å². The van der Waals surface area contributed by atoms with Gasteiger partial charge in [-0.3, -0.25) is 14.4 Å². The summed E-state index contributed by atoms with van der Waals surface area (Å²) < 4.78 is 16.8. The van der Waals surface area contributed by atoms with Crippen LogP contribution in [0, 0.1) is 0 Å². The maximum Gasteiger partial charge on any atom is 0.309 e. The molecule has 0 aromatic heterocycles. The summed E-state index contributed by atoms with van der Waals surface area (Å²) in [7, 11) is 0. The SMILES string of the molecule is CC/C=C\C/C=C\C/C=C\C/C=C\C/C=C\C/C=C\CCCCCCCCCCC(=O)OCC(COC(=O)C/C=C\C/C=C\C/C=C\C/C=C\C/C=C\CC)OC(=O)CCCCCCCC/C=C\C/C=C\C/C=C\CCCCC. The molecule has 0 aliphatic heterocycles. The fraction of sp³-hybridized carbons (Fsp3) is 0.575. The first-order chi connectivity index (χ1) is 39.0. The average Bonchev–Trinajstić information content (AvgIpc) is 3.45. The quantitative estimate of drug-likeness (QED) is 0.0261. The molecule has 0 fully saturated rings. The van der Waals surface area contributed by atoms with Gasteiger partial charge in [0.1, 0.15) is 13.2 Å². The molecule has 0 heterocycles. The van der Waals surface area contributed by atoms with Gasteiger partial charge in [-0.25, -0.2) is 0 Å². The molecule has 0 aliphatic carbocycles. The number of hydrogen-bond donors (Lipinski definition) is 0. The lowest BCUT2D eigenvalue weighted by Crippen LogP contribution is -2.30. The summed E-state index contributed by atoms with van der Waals surface area (Å²) in [6.07, 6.45) is 96.6. The third-order valence-corrected chi connectivity index (χ3v) is 12.7. The molecule has 0 N–H and O–H groups in total. The first-order valence-electron chi connectivity index (χ1n) is 31.6. The molecule has 442 valence electrons. The van der Waals surface area contributed by atoms with E-state index in [1.54, 1.807) is 6.08 Å². The van der Waals surface area contributed by atoms with Crippen molar-refractivity contribution >= 4 is 17.9 Å². The Balaban J connectivity index is 4.49. The van der Waals surface area contributed by atoms with Gasteiger partial charge in [-0.15, -0.1) is 0 Å². The van der Waals surface area contributed by atoms with E-state index in [2.05, 4.69) is 179 Å². The maximum atomic E-state index is 12.9. The fourth-order valence-corrected chi connectivity index (χ4v) is 8.05. The van der Waals surface area contributed by atoms with Crippen LogP contribution in [0.5, 0.6) is 0 Å². The molecule has 0 bridgehead atoms. The Labute approximate surface area is 485 Å². The molecular formula is C73H114O6. The van der Waals surface area contributed by atoms with E-state index in [1.807, 2.05) is 6.08 Å². The van der Waals surface area contributed by atoms with E-state index in [4.69, 9.17) is 14.2 Å². The van der Waals surface area contributed by atoms with Crippen molar-refractivity contribution in [3.8, 4) is 0 Å². The van der Waals surface area contributed by atoms with E-state index < -0.39 is 12.1 Å². The lowest BCUT2D eigenvalue weighted by atomic mass is 10.1. The van der Waals surface area contributed by atoms with E-state index in [0.29, 0.717) is 6.42 Å². The number of allylic oxidation sites excluding steroid dienone is 27. The van der Waals surface area contributed by atoms with E-state index in [9.17, 15) is 14.4 Å². The molecule has 0 spiro atoms. The Morgan fingerprint density at radius 1 is 0.278 bits per heavy atom. The smallest absolute Gasteiger partial charge is 0.309 e. The van der Waals surface area contributed by atoms with Crippen molar-refractivity contribution in [2.75, 3.05) is 13.2 Å². The molecule has 0 rings (SSSR count). The highest BCUT2D eigenvalue weighted by molar-refractivity contribution is 5.72. The molecule has 1 unspecified atom stereocenters. The second-order valence-electron chi connectivity index (χ2n) is 20.2. The second-order valence-corrected chi connectivity index (χ2v) is 20.2. The third-order valence-electron chi connectivity index (χ3n) is 12.7. The lowest BCUT2D eigenvalue weighted by Gasteiger charge is -2.18. The highest BCUT2D eigenvalue weighted by atomic mass is 16.6. The molecule has 6 nitrogen and oxygen atoms in total. The monoisotopic (exact) mass is 1090 g/mol. The molecule has 0 aromatic rings. The Hall–Kier alpha value is -5.23. The van der Waals surface area contributed by atoms with Gasteiger partial charge in [0.2, 0.25) is 0 Å². The van der Waals surface area contributed by atoms with Crippen LogP contribution in [0.1, 0.15) is 252 Å². The maximum absolute atomic E-state index is 12.9. The van der Waals surface area contributed by atoms with E-state index in [1.165, 1.54) is 70.6 Å². The summed E-state index contributed by atoms with van der Waals surface area (Å²) >= 11 is 0. The summed E-state index contributed by atoms with van der Waals surface area (Å²) in [6, 6.07) is 0. The summed E-state index contributed by atoms with van der Waals surface area (Å²) in [5.74, 6) is -1.09. The van der Waals surface area contributed by atoms with Crippen LogP contribution in [0.25, 0.3) is 0 Å². The molecule has 0 aliphatic rings. The first kappa shape index (κ1) is 73.8. The Bertz CT molecular complexity index is 1820. The Kier molecular flexibility index (Phi) is 61.0. The van der Waals surface area contributed by atoms with Crippen molar-refractivity contribution in [1.29, 1.82) is 0 Å². The lowest BCUT2D eigenvalue weighted by molar-refractivity contribution is -0.166. The zero-order chi connectivity index (χ0) is 57.1. The van der Waals surface area contributed by atoms with Crippen LogP contribution < -0.4 is 0 Å². The highest BCUT2D eigenvalue weighted by Gasteiger charge is 2.19. The standard InChI is InChI=1S/C73H114O6/c1-4-7-10-13-16-19-22-25-28-30-32-33-34-35-36-37-38-39-41-42-45-48-51-54-57-60-63-66-72(75)78-69-70(68-77-71(74)65-62-59-56-53-50-47-44-27-24-21-18-15-12-9-6-3)79-73(76)67-64-61-58-55-52-49-46-43-40-31-29-26-23-20-17-14-11-8-5-2/h7,9-10,12,16-21,25-29,32-33,35-36,38-40,43-44,50,53,59,62,70H,4-6,8,11,13-15,22-24,30-31,34,37,41-42,45-49,51-52,54-58,60-61,63-69H2,1-3H3/b10-7-,12-9-,19-16-,20-17-,21-18-,28-25-,29-26-,33-32-,36-35-,39-38-,43-40-,44-27-,53-50-,62-59-. The summed E-state index contributed by atoms with van der Waals surface area (Å²) in [5, 5.41) is 0. The van der Waals surface area contributed by atoms with E-state index in [-0.39, 0.29) is 38.0 Å². The zero-order valence-electron chi connectivity index (χ0n) is 50.6. The van der Waals surface area contributed by atoms with Gasteiger partial charge in [-0.1, -0.05) is 268 Å². The molecule has 0 saturated heterocycles. The third kappa shape index (κ3) is 63.5. The molecule has 0 amide bonds. The van der Waals surface area contributed by atoms with Crippen LogP contribution in [-0.4, -0.2) is 37.2 Å². The molecule has 0 radical (unpaired) electrons. The van der Waals surface area contributed by atoms with Crippen LogP contribution in [0.3, 0.4) is 0 Å². The Morgan fingerprint density at radius 2 is 0.544 bits per heavy atom. The number of ether oxygens (including phenoxy) is 3. The predicted molar refractivity (Wildman–Crippen MR) is 343 cm³/mol. The molecule has 79 heavy (non-hydrogen) atoms.